The van der Waals surface area contributed by atoms with Gasteiger partial charge in [-0.2, -0.15) is 13.2 Å². The molecule has 1 aliphatic rings. The van der Waals surface area contributed by atoms with E-state index in [-0.39, 0.29) is 12.5 Å². The number of nitrogens with zero attached hydrogens (tertiary/aromatic N) is 1. The van der Waals surface area contributed by atoms with E-state index in [0.717, 1.165) is 10.5 Å². The van der Waals surface area contributed by atoms with E-state index in [1.807, 2.05) is 42.5 Å². The summed E-state index contributed by atoms with van der Waals surface area (Å²) in [5.41, 5.74) is 1.67. The third-order valence-corrected chi connectivity index (χ3v) is 5.07. The van der Waals surface area contributed by atoms with Gasteiger partial charge < -0.3 is 9.64 Å². The van der Waals surface area contributed by atoms with E-state index < -0.39 is 18.1 Å². The maximum Gasteiger partial charge on any atom is 0.471 e. The minimum absolute atomic E-state index is 0.0765. The second kappa shape index (κ2) is 9.74. The van der Waals surface area contributed by atoms with E-state index in [2.05, 4.69) is 0 Å². The maximum atomic E-state index is 13.3. The van der Waals surface area contributed by atoms with Gasteiger partial charge >= 0.3 is 12.1 Å². The molecule has 29 heavy (non-hydrogen) atoms. The first kappa shape index (κ1) is 21.1. The molecule has 2 aromatic rings. The van der Waals surface area contributed by atoms with Crippen molar-refractivity contribution in [1.82, 2.24) is 4.90 Å². The number of benzene rings is 2. The van der Waals surface area contributed by atoms with Gasteiger partial charge in [-0.25, -0.2) is 0 Å². The van der Waals surface area contributed by atoms with Crippen LogP contribution in [0.15, 0.2) is 72.8 Å². The lowest BCUT2D eigenvalue weighted by Gasteiger charge is -2.38. The lowest BCUT2D eigenvalue weighted by molar-refractivity contribution is -0.190. The molecule has 0 unspecified atom stereocenters. The van der Waals surface area contributed by atoms with Crippen molar-refractivity contribution in [3.05, 3.63) is 83.9 Å². The molecule has 3 nitrogen and oxygen atoms in total. The van der Waals surface area contributed by atoms with E-state index >= 15 is 0 Å². The first-order chi connectivity index (χ1) is 13.9. The zero-order valence-corrected chi connectivity index (χ0v) is 16.0. The molecular weight excluding hydrogens is 379 g/mol. The standard InChI is InChI=1S/C23H24F3NO2/c24-23(25,26)22(28)27(15-18-9-3-1-4-10-18)21-14-8-7-13-20(21)17-29-16-19-11-5-2-6-12-19/h1-12,20-21H,13-17H2/t20-,21-/m1/s1. The molecule has 0 radical (unpaired) electrons. The van der Waals surface area contributed by atoms with Crippen LogP contribution < -0.4 is 0 Å². The summed E-state index contributed by atoms with van der Waals surface area (Å²) in [7, 11) is 0. The Labute approximate surface area is 168 Å². The van der Waals surface area contributed by atoms with Crippen molar-refractivity contribution in [3.8, 4) is 0 Å². The van der Waals surface area contributed by atoms with Crippen molar-refractivity contribution in [1.29, 1.82) is 0 Å². The normalized spacial score (nSPS) is 19.1. The SMILES string of the molecule is O=C(N(Cc1ccccc1)[C@@H]1CC=CC[C@@H]1COCc1ccccc1)C(F)(F)F. The van der Waals surface area contributed by atoms with Gasteiger partial charge in [0.05, 0.1) is 13.2 Å². The highest BCUT2D eigenvalue weighted by molar-refractivity contribution is 5.82. The Morgan fingerprint density at radius 1 is 0.931 bits per heavy atom. The molecule has 154 valence electrons. The van der Waals surface area contributed by atoms with Crippen LogP contribution in [-0.4, -0.2) is 29.6 Å². The molecule has 0 fully saturated rings. The molecule has 0 aromatic heterocycles. The average Bonchev–Trinajstić information content (AvgIpc) is 2.73. The number of hydrogen-bond acceptors (Lipinski definition) is 2. The van der Waals surface area contributed by atoms with Crippen LogP contribution in [0.3, 0.4) is 0 Å². The van der Waals surface area contributed by atoms with Crippen molar-refractivity contribution in [2.45, 2.75) is 38.2 Å². The minimum Gasteiger partial charge on any atom is -0.376 e. The van der Waals surface area contributed by atoms with Gasteiger partial charge in [0.2, 0.25) is 0 Å². The largest absolute Gasteiger partial charge is 0.471 e. The van der Waals surface area contributed by atoms with Gasteiger partial charge in [-0.05, 0) is 24.0 Å². The van der Waals surface area contributed by atoms with Crippen molar-refractivity contribution < 1.29 is 22.7 Å². The van der Waals surface area contributed by atoms with E-state index in [4.69, 9.17) is 4.74 Å². The predicted octanol–water partition coefficient (Wildman–Crippen LogP) is 5.13. The number of carbonyl (C=O) groups is 1. The van der Waals surface area contributed by atoms with Crippen LogP contribution >= 0.6 is 0 Å². The van der Waals surface area contributed by atoms with E-state index in [1.165, 1.54) is 0 Å². The predicted molar refractivity (Wildman–Crippen MR) is 105 cm³/mol. The summed E-state index contributed by atoms with van der Waals surface area (Å²) in [6.07, 6.45) is -0.152. The Kier molecular flexibility index (Phi) is 7.09. The number of amides is 1. The summed E-state index contributed by atoms with van der Waals surface area (Å²) in [5.74, 6) is -1.99. The average molecular weight is 403 g/mol. The van der Waals surface area contributed by atoms with Crippen molar-refractivity contribution >= 4 is 5.91 Å². The highest BCUT2D eigenvalue weighted by Crippen LogP contribution is 2.30. The topological polar surface area (TPSA) is 29.5 Å². The lowest BCUT2D eigenvalue weighted by Crippen LogP contribution is -2.50. The number of ether oxygens (including phenoxy) is 1. The summed E-state index contributed by atoms with van der Waals surface area (Å²) in [4.78, 5) is 13.2. The van der Waals surface area contributed by atoms with E-state index in [0.29, 0.717) is 31.6 Å². The van der Waals surface area contributed by atoms with Crippen molar-refractivity contribution in [3.63, 3.8) is 0 Å². The summed E-state index contributed by atoms with van der Waals surface area (Å²) in [6, 6.07) is 17.8. The Balaban J connectivity index is 1.74. The van der Waals surface area contributed by atoms with Crippen molar-refractivity contribution in [2.24, 2.45) is 5.92 Å². The second-order valence-electron chi connectivity index (χ2n) is 7.19. The molecule has 3 rings (SSSR count). The fourth-order valence-corrected chi connectivity index (χ4v) is 3.60. The van der Waals surface area contributed by atoms with Gasteiger partial charge in [-0.3, -0.25) is 4.79 Å². The van der Waals surface area contributed by atoms with Crippen LogP contribution in [0, 0.1) is 5.92 Å². The molecule has 1 aliphatic carbocycles. The maximum absolute atomic E-state index is 13.3. The van der Waals surface area contributed by atoms with E-state index in [1.54, 1.807) is 30.3 Å². The quantitative estimate of drug-likeness (QED) is 0.600. The number of allylic oxidation sites excluding steroid dienone is 1. The summed E-state index contributed by atoms with van der Waals surface area (Å²) in [6.45, 7) is 0.604. The monoisotopic (exact) mass is 403 g/mol. The summed E-state index contributed by atoms with van der Waals surface area (Å²) in [5, 5.41) is 0. The van der Waals surface area contributed by atoms with Crippen LogP contribution in [0.4, 0.5) is 13.2 Å². The number of rotatable bonds is 7. The molecule has 2 atom stereocenters. The Hall–Kier alpha value is -2.60. The third-order valence-electron chi connectivity index (χ3n) is 5.07. The molecule has 0 saturated heterocycles. The second-order valence-corrected chi connectivity index (χ2v) is 7.19. The molecular formula is C23H24F3NO2. The Morgan fingerprint density at radius 3 is 2.14 bits per heavy atom. The van der Waals surface area contributed by atoms with Crippen LogP contribution in [0.1, 0.15) is 24.0 Å². The summed E-state index contributed by atoms with van der Waals surface area (Å²) >= 11 is 0. The van der Waals surface area contributed by atoms with Gasteiger partial charge in [0, 0.05) is 18.5 Å². The molecule has 0 aliphatic heterocycles. The van der Waals surface area contributed by atoms with Gasteiger partial charge in [-0.15, -0.1) is 0 Å². The van der Waals surface area contributed by atoms with Crippen LogP contribution in [0.5, 0.6) is 0 Å². The van der Waals surface area contributed by atoms with Crippen LogP contribution in [0.25, 0.3) is 0 Å². The molecule has 0 bridgehead atoms. The lowest BCUT2D eigenvalue weighted by atomic mass is 9.88. The zero-order chi connectivity index (χ0) is 20.7. The van der Waals surface area contributed by atoms with Gasteiger partial charge in [-0.1, -0.05) is 72.8 Å². The number of carbonyl (C=O) groups excluding carboxylic acids is 1. The first-order valence-electron chi connectivity index (χ1n) is 9.63. The minimum atomic E-state index is -4.91. The molecule has 6 heteroatoms. The smallest absolute Gasteiger partial charge is 0.376 e. The fourth-order valence-electron chi connectivity index (χ4n) is 3.60. The van der Waals surface area contributed by atoms with Crippen molar-refractivity contribution in [2.75, 3.05) is 6.61 Å². The highest BCUT2D eigenvalue weighted by Gasteiger charge is 2.46. The first-order valence-corrected chi connectivity index (χ1v) is 9.63. The van der Waals surface area contributed by atoms with E-state index in [9.17, 15) is 18.0 Å². The molecule has 0 heterocycles. The molecule has 0 N–H and O–H groups in total. The third kappa shape index (κ3) is 5.94. The Bertz CT molecular complexity index is 806. The van der Waals surface area contributed by atoms with Crippen LogP contribution in [0.2, 0.25) is 0 Å². The fraction of sp³-hybridized carbons (Fsp3) is 0.348. The number of halogens is 3. The van der Waals surface area contributed by atoms with Crippen LogP contribution in [-0.2, 0) is 22.7 Å². The number of hydrogen-bond donors (Lipinski definition) is 0. The van der Waals surface area contributed by atoms with Gasteiger partial charge in [0.15, 0.2) is 0 Å². The molecule has 0 spiro atoms. The summed E-state index contributed by atoms with van der Waals surface area (Å²) < 4.78 is 45.8. The molecule has 1 amide bonds. The van der Waals surface area contributed by atoms with Gasteiger partial charge in [0.25, 0.3) is 0 Å². The number of alkyl halides is 3. The molecule has 2 aromatic carbocycles. The zero-order valence-electron chi connectivity index (χ0n) is 16.0. The van der Waals surface area contributed by atoms with Gasteiger partial charge in [0.1, 0.15) is 0 Å². The highest BCUT2D eigenvalue weighted by atomic mass is 19.4. The Morgan fingerprint density at radius 2 is 1.52 bits per heavy atom. The molecule has 0 saturated carbocycles.